The van der Waals surface area contributed by atoms with Crippen LogP contribution in [0.3, 0.4) is 0 Å². The first-order chi connectivity index (χ1) is 8.91. The summed E-state index contributed by atoms with van der Waals surface area (Å²) in [6.45, 7) is 11.3. The molecular formula is C17H24N2. The van der Waals surface area contributed by atoms with Gasteiger partial charge >= 0.3 is 0 Å². The van der Waals surface area contributed by atoms with Gasteiger partial charge in [0.2, 0.25) is 0 Å². The highest BCUT2D eigenvalue weighted by Gasteiger charge is 2.28. The van der Waals surface area contributed by atoms with Gasteiger partial charge in [-0.1, -0.05) is 20.8 Å². The van der Waals surface area contributed by atoms with Gasteiger partial charge in [-0.15, -0.1) is 0 Å². The van der Waals surface area contributed by atoms with Crippen LogP contribution in [0.25, 0.3) is 0 Å². The SMILES string of the molecule is Cc1cc(N2CCC(C(C)(C)C)CC2)ccc1C#N. The van der Waals surface area contributed by atoms with Gasteiger partial charge in [0.1, 0.15) is 0 Å². The minimum atomic E-state index is 0.423. The van der Waals surface area contributed by atoms with E-state index in [0.717, 1.165) is 30.1 Å². The van der Waals surface area contributed by atoms with Crippen LogP contribution in [0.15, 0.2) is 18.2 Å². The van der Waals surface area contributed by atoms with Gasteiger partial charge in [0.05, 0.1) is 11.6 Å². The Labute approximate surface area is 117 Å². The molecule has 1 aromatic rings. The van der Waals surface area contributed by atoms with Crippen LogP contribution in [-0.4, -0.2) is 13.1 Å². The molecule has 0 N–H and O–H groups in total. The summed E-state index contributed by atoms with van der Waals surface area (Å²) in [7, 11) is 0. The molecule has 1 saturated heterocycles. The zero-order valence-corrected chi connectivity index (χ0v) is 12.5. The van der Waals surface area contributed by atoms with Crippen molar-refractivity contribution in [2.24, 2.45) is 11.3 Å². The highest BCUT2D eigenvalue weighted by molar-refractivity contribution is 5.53. The maximum absolute atomic E-state index is 8.98. The van der Waals surface area contributed by atoms with E-state index in [0.29, 0.717) is 5.41 Å². The van der Waals surface area contributed by atoms with Crippen molar-refractivity contribution in [3.8, 4) is 6.07 Å². The number of hydrogen-bond acceptors (Lipinski definition) is 2. The van der Waals surface area contributed by atoms with E-state index in [1.54, 1.807) is 0 Å². The van der Waals surface area contributed by atoms with Crippen molar-refractivity contribution in [2.75, 3.05) is 18.0 Å². The molecular weight excluding hydrogens is 232 g/mol. The summed E-state index contributed by atoms with van der Waals surface area (Å²) in [5.41, 5.74) is 3.56. The van der Waals surface area contributed by atoms with Gasteiger partial charge in [-0.05, 0) is 54.9 Å². The number of piperidine rings is 1. The molecule has 1 aliphatic rings. The van der Waals surface area contributed by atoms with Crippen molar-refractivity contribution in [3.05, 3.63) is 29.3 Å². The summed E-state index contributed by atoms with van der Waals surface area (Å²) in [6.07, 6.45) is 2.53. The van der Waals surface area contributed by atoms with Crippen LogP contribution in [0.5, 0.6) is 0 Å². The standard InChI is InChI=1S/C17H24N2/c1-13-11-16(6-5-14(13)12-18)19-9-7-15(8-10-19)17(2,3)4/h5-6,11,15H,7-10H2,1-4H3. The lowest BCUT2D eigenvalue weighted by atomic mass is 9.75. The molecule has 0 spiro atoms. The molecule has 0 saturated carbocycles. The maximum atomic E-state index is 8.98. The number of benzene rings is 1. The molecule has 1 aliphatic heterocycles. The summed E-state index contributed by atoms with van der Waals surface area (Å²) >= 11 is 0. The van der Waals surface area contributed by atoms with Gasteiger partial charge in [0.25, 0.3) is 0 Å². The largest absolute Gasteiger partial charge is 0.372 e. The van der Waals surface area contributed by atoms with Crippen LogP contribution < -0.4 is 4.90 Å². The minimum absolute atomic E-state index is 0.423. The van der Waals surface area contributed by atoms with E-state index in [4.69, 9.17) is 5.26 Å². The van der Waals surface area contributed by atoms with E-state index in [1.165, 1.54) is 18.5 Å². The number of aryl methyl sites for hydroxylation is 1. The summed E-state index contributed by atoms with van der Waals surface area (Å²) in [4.78, 5) is 2.45. The van der Waals surface area contributed by atoms with E-state index in [1.807, 2.05) is 13.0 Å². The van der Waals surface area contributed by atoms with E-state index < -0.39 is 0 Å². The van der Waals surface area contributed by atoms with Crippen LogP contribution in [0.4, 0.5) is 5.69 Å². The quantitative estimate of drug-likeness (QED) is 0.755. The van der Waals surface area contributed by atoms with Crippen LogP contribution in [0.1, 0.15) is 44.7 Å². The van der Waals surface area contributed by atoms with Crippen molar-refractivity contribution in [3.63, 3.8) is 0 Å². The Kier molecular flexibility index (Phi) is 3.85. The van der Waals surface area contributed by atoms with E-state index in [2.05, 4.69) is 43.9 Å². The summed E-state index contributed by atoms with van der Waals surface area (Å²) < 4.78 is 0. The molecule has 0 aliphatic carbocycles. The average Bonchev–Trinajstić information content (AvgIpc) is 2.38. The zero-order chi connectivity index (χ0) is 14.0. The molecule has 19 heavy (non-hydrogen) atoms. The smallest absolute Gasteiger partial charge is 0.0994 e. The number of rotatable bonds is 1. The lowest BCUT2D eigenvalue weighted by molar-refractivity contribution is 0.199. The van der Waals surface area contributed by atoms with Crippen LogP contribution >= 0.6 is 0 Å². The Hall–Kier alpha value is -1.49. The summed E-state index contributed by atoms with van der Waals surface area (Å²) in [5.74, 6) is 0.822. The number of anilines is 1. The highest BCUT2D eigenvalue weighted by atomic mass is 15.1. The molecule has 1 aromatic carbocycles. The molecule has 0 bridgehead atoms. The Bertz CT molecular complexity index is 483. The molecule has 0 unspecified atom stereocenters. The topological polar surface area (TPSA) is 27.0 Å². The van der Waals surface area contributed by atoms with Gasteiger partial charge in [0, 0.05) is 18.8 Å². The molecule has 1 heterocycles. The molecule has 0 atom stereocenters. The molecule has 1 fully saturated rings. The van der Waals surface area contributed by atoms with Crippen molar-refractivity contribution in [2.45, 2.75) is 40.5 Å². The average molecular weight is 256 g/mol. The maximum Gasteiger partial charge on any atom is 0.0994 e. The van der Waals surface area contributed by atoms with Crippen molar-refractivity contribution in [1.82, 2.24) is 0 Å². The summed E-state index contributed by atoms with van der Waals surface area (Å²) in [6, 6.07) is 8.41. The van der Waals surface area contributed by atoms with Gasteiger partial charge in [0.15, 0.2) is 0 Å². The van der Waals surface area contributed by atoms with Crippen LogP contribution in [0.2, 0.25) is 0 Å². The number of nitrogens with zero attached hydrogens (tertiary/aromatic N) is 2. The van der Waals surface area contributed by atoms with Crippen molar-refractivity contribution >= 4 is 5.69 Å². The van der Waals surface area contributed by atoms with Gasteiger partial charge in [-0.2, -0.15) is 5.26 Å². The monoisotopic (exact) mass is 256 g/mol. The molecule has 102 valence electrons. The van der Waals surface area contributed by atoms with Gasteiger partial charge in [-0.3, -0.25) is 0 Å². The second kappa shape index (κ2) is 5.25. The minimum Gasteiger partial charge on any atom is -0.372 e. The number of nitriles is 1. The van der Waals surface area contributed by atoms with Crippen LogP contribution in [-0.2, 0) is 0 Å². The molecule has 2 heteroatoms. The van der Waals surface area contributed by atoms with Gasteiger partial charge < -0.3 is 4.90 Å². The molecule has 2 nitrogen and oxygen atoms in total. The predicted octanol–water partition coefficient (Wildman–Crippen LogP) is 4.13. The Morgan fingerprint density at radius 1 is 1.21 bits per heavy atom. The van der Waals surface area contributed by atoms with Crippen LogP contribution in [0, 0.1) is 29.6 Å². The first kappa shape index (κ1) is 13.9. The molecule has 0 radical (unpaired) electrons. The van der Waals surface area contributed by atoms with Crippen molar-refractivity contribution in [1.29, 1.82) is 5.26 Å². The molecule has 0 amide bonds. The highest BCUT2D eigenvalue weighted by Crippen LogP contribution is 2.35. The third-order valence-corrected chi connectivity index (χ3v) is 4.42. The fourth-order valence-corrected chi connectivity index (χ4v) is 2.97. The lowest BCUT2D eigenvalue weighted by Crippen LogP contribution is -2.38. The zero-order valence-electron chi connectivity index (χ0n) is 12.5. The molecule has 2 rings (SSSR count). The third kappa shape index (κ3) is 3.10. The lowest BCUT2D eigenvalue weighted by Gasteiger charge is -2.39. The summed E-state index contributed by atoms with van der Waals surface area (Å²) in [5, 5.41) is 8.98. The first-order valence-corrected chi connectivity index (χ1v) is 7.17. The van der Waals surface area contributed by atoms with E-state index in [-0.39, 0.29) is 0 Å². The van der Waals surface area contributed by atoms with E-state index >= 15 is 0 Å². The Balaban J connectivity index is 2.06. The Morgan fingerprint density at radius 2 is 1.84 bits per heavy atom. The third-order valence-electron chi connectivity index (χ3n) is 4.42. The number of hydrogen-bond donors (Lipinski definition) is 0. The second-order valence-corrected chi connectivity index (χ2v) is 6.74. The van der Waals surface area contributed by atoms with Gasteiger partial charge in [-0.25, -0.2) is 0 Å². The second-order valence-electron chi connectivity index (χ2n) is 6.74. The normalized spacial score (nSPS) is 17.3. The fourth-order valence-electron chi connectivity index (χ4n) is 2.97. The molecule has 0 aromatic heterocycles. The fraction of sp³-hybridized carbons (Fsp3) is 0.588. The predicted molar refractivity (Wildman–Crippen MR) is 80.3 cm³/mol. The first-order valence-electron chi connectivity index (χ1n) is 7.17. The van der Waals surface area contributed by atoms with Crippen molar-refractivity contribution < 1.29 is 0 Å². The Morgan fingerprint density at radius 3 is 2.32 bits per heavy atom. The van der Waals surface area contributed by atoms with E-state index in [9.17, 15) is 0 Å².